The van der Waals surface area contributed by atoms with Gasteiger partial charge in [-0.05, 0) is 6.42 Å². The maximum atomic E-state index is 11.6. The highest BCUT2D eigenvalue weighted by Crippen LogP contribution is 2.30. The molecule has 134 valence electrons. The molecule has 2 rings (SSSR count). The molecule has 8 atom stereocenters. The van der Waals surface area contributed by atoms with Crippen molar-refractivity contribution in [1.29, 1.82) is 0 Å². The summed E-state index contributed by atoms with van der Waals surface area (Å²) >= 11 is 0. The monoisotopic (exact) mass is 335 g/mol. The standard InChI is InChI=1S/C14H25NO8/c1-3-7-10(18)8(15(7)6(2)17)5-22-14-13(21)12(20)11(19)9(4-16)23-14/h7-14,16,18-21H,3-5H2,1-2H3/t7-,8-,9?,10+,11?,12?,13?,14?/m0/s1. The van der Waals surface area contributed by atoms with Gasteiger partial charge in [-0.3, -0.25) is 4.79 Å². The number of ether oxygens (including phenoxy) is 2. The van der Waals surface area contributed by atoms with Crippen molar-refractivity contribution in [2.24, 2.45) is 0 Å². The summed E-state index contributed by atoms with van der Waals surface area (Å²) in [5.41, 5.74) is 0. The van der Waals surface area contributed by atoms with Gasteiger partial charge in [0.05, 0.1) is 31.4 Å². The number of amides is 1. The van der Waals surface area contributed by atoms with Crippen LogP contribution >= 0.6 is 0 Å². The fourth-order valence-corrected chi connectivity index (χ4v) is 3.21. The van der Waals surface area contributed by atoms with Crippen LogP contribution in [0.25, 0.3) is 0 Å². The van der Waals surface area contributed by atoms with E-state index in [4.69, 9.17) is 14.6 Å². The Bertz CT molecular complexity index is 420. The largest absolute Gasteiger partial charge is 0.394 e. The van der Waals surface area contributed by atoms with Gasteiger partial charge >= 0.3 is 0 Å². The second kappa shape index (κ2) is 7.39. The van der Waals surface area contributed by atoms with Gasteiger partial charge in [-0.1, -0.05) is 6.92 Å². The summed E-state index contributed by atoms with van der Waals surface area (Å²) in [6.45, 7) is 2.61. The van der Waals surface area contributed by atoms with Crippen LogP contribution in [0.3, 0.4) is 0 Å². The Kier molecular flexibility index (Phi) is 5.95. The summed E-state index contributed by atoms with van der Waals surface area (Å²) in [5, 5.41) is 48.4. The van der Waals surface area contributed by atoms with Crippen LogP contribution in [0.1, 0.15) is 20.3 Å². The molecule has 5 N–H and O–H groups in total. The number of hydrogen-bond acceptors (Lipinski definition) is 8. The molecule has 0 saturated carbocycles. The lowest BCUT2D eigenvalue weighted by atomic mass is 9.87. The van der Waals surface area contributed by atoms with E-state index in [9.17, 15) is 25.2 Å². The molecule has 9 heteroatoms. The predicted molar refractivity (Wildman–Crippen MR) is 76.1 cm³/mol. The number of hydrogen-bond donors (Lipinski definition) is 5. The fourth-order valence-electron chi connectivity index (χ4n) is 3.21. The zero-order valence-corrected chi connectivity index (χ0v) is 13.1. The minimum atomic E-state index is -1.52. The quantitative estimate of drug-likeness (QED) is 0.362. The van der Waals surface area contributed by atoms with Crippen molar-refractivity contribution in [3.05, 3.63) is 0 Å². The molecule has 5 unspecified atom stereocenters. The molecule has 1 amide bonds. The Morgan fingerprint density at radius 3 is 2.26 bits per heavy atom. The van der Waals surface area contributed by atoms with Crippen LogP contribution < -0.4 is 0 Å². The minimum absolute atomic E-state index is 0.0973. The number of rotatable bonds is 5. The number of likely N-dealkylation sites (tertiary alicyclic amines) is 1. The van der Waals surface area contributed by atoms with Gasteiger partial charge in [-0.15, -0.1) is 0 Å². The van der Waals surface area contributed by atoms with Crippen LogP contribution in [-0.2, 0) is 14.3 Å². The van der Waals surface area contributed by atoms with Gasteiger partial charge < -0.3 is 39.9 Å². The van der Waals surface area contributed by atoms with Crippen LogP contribution in [0.5, 0.6) is 0 Å². The topological polar surface area (TPSA) is 140 Å². The smallest absolute Gasteiger partial charge is 0.220 e. The summed E-state index contributed by atoms with van der Waals surface area (Å²) in [6, 6.07) is -0.833. The summed E-state index contributed by atoms with van der Waals surface area (Å²) in [7, 11) is 0. The molecule has 2 fully saturated rings. The summed E-state index contributed by atoms with van der Waals surface area (Å²) in [5.74, 6) is -0.190. The van der Waals surface area contributed by atoms with Gasteiger partial charge in [-0.25, -0.2) is 0 Å². The number of carbonyl (C=O) groups is 1. The maximum Gasteiger partial charge on any atom is 0.220 e. The van der Waals surface area contributed by atoms with Gasteiger partial charge in [-0.2, -0.15) is 0 Å². The van der Waals surface area contributed by atoms with E-state index in [0.717, 1.165) is 0 Å². The van der Waals surface area contributed by atoms with E-state index in [1.807, 2.05) is 6.92 Å². The number of nitrogens with zero attached hydrogens (tertiary/aromatic N) is 1. The molecule has 0 aromatic carbocycles. The molecule has 0 radical (unpaired) electrons. The average Bonchev–Trinajstić information content (AvgIpc) is 2.52. The third-order valence-electron chi connectivity index (χ3n) is 4.56. The first kappa shape index (κ1) is 18.5. The first-order valence-corrected chi connectivity index (χ1v) is 7.72. The SMILES string of the molecule is CC[C@H]1[C@@H](O)[C@H](COC2OC(CO)C(O)C(O)C2O)N1C(C)=O. The van der Waals surface area contributed by atoms with E-state index in [0.29, 0.717) is 6.42 Å². The Balaban J connectivity index is 1.95. The third kappa shape index (κ3) is 3.36. The van der Waals surface area contributed by atoms with Gasteiger partial charge in [0.2, 0.25) is 5.91 Å². The van der Waals surface area contributed by atoms with Crippen LogP contribution in [0.4, 0.5) is 0 Å². The van der Waals surface area contributed by atoms with Gasteiger partial charge in [0.25, 0.3) is 0 Å². The number of aliphatic hydroxyl groups is 5. The zero-order chi connectivity index (χ0) is 17.3. The van der Waals surface area contributed by atoms with Crippen LogP contribution in [0, 0.1) is 0 Å². The Morgan fingerprint density at radius 1 is 1.09 bits per heavy atom. The molecule has 2 aliphatic heterocycles. The molecule has 0 bridgehead atoms. The van der Waals surface area contributed by atoms with E-state index < -0.39 is 49.5 Å². The lowest BCUT2D eigenvalue weighted by molar-refractivity contribution is -0.307. The van der Waals surface area contributed by atoms with Crippen LogP contribution in [0.15, 0.2) is 0 Å². The molecule has 2 aliphatic rings. The van der Waals surface area contributed by atoms with Crippen molar-refractivity contribution in [3.63, 3.8) is 0 Å². The van der Waals surface area contributed by atoms with Crippen molar-refractivity contribution in [2.45, 2.75) is 69.2 Å². The molecule has 9 nitrogen and oxygen atoms in total. The summed E-state index contributed by atoms with van der Waals surface area (Å²) < 4.78 is 10.6. The van der Waals surface area contributed by atoms with Gasteiger partial charge in [0.1, 0.15) is 24.4 Å². The number of aliphatic hydroxyl groups excluding tert-OH is 5. The molecule has 2 heterocycles. The Morgan fingerprint density at radius 2 is 1.74 bits per heavy atom. The molecular weight excluding hydrogens is 310 g/mol. The van der Waals surface area contributed by atoms with Crippen molar-refractivity contribution in [1.82, 2.24) is 4.90 Å². The van der Waals surface area contributed by atoms with Crippen LogP contribution in [0.2, 0.25) is 0 Å². The molecule has 0 aromatic heterocycles. The van der Waals surface area contributed by atoms with E-state index >= 15 is 0 Å². The van der Waals surface area contributed by atoms with Crippen molar-refractivity contribution >= 4 is 5.91 Å². The molecule has 0 aromatic rings. The van der Waals surface area contributed by atoms with Crippen molar-refractivity contribution < 1.29 is 39.8 Å². The molecule has 2 saturated heterocycles. The third-order valence-corrected chi connectivity index (χ3v) is 4.56. The van der Waals surface area contributed by atoms with E-state index in [1.54, 1.807) is 0 Å². The van der Waals surface area contributed by atoms with Crippen LogP contribution in [-0.4, -0.2) is 98.4 Å². The highest BCUT2D eigenvalue weighted by Gasteiger charge is 2.49. The normalized spacial score (nSPS) is 44.0. The zero-order valence-electron chi connectivity index (χ0n) is 13.1. The highest BCUT2D eigenvalue weighted by molar-refractivity contribution is 5.75. The van der Waals surface area contributed by atoms with Crippen molar-refractivity contribution in [3.8, 4) is 0 Å². The first-order chi connectivity index (χ1) is 10.8. The second-order valence-electron chi connectivity index (χ2n) is 5.99. The first-order valence-electron chi connectivity index (χ1n) is 7.72. The lowest BCUT2D eigenvalue weighted by Crippen LogP contribution is -2.70. The number of carbonyl (C=O) groups excluding carboxylic acids is 1. The maximum absolute atomic E-state index is 11.6. The van der Waals surface area contributed by atoms with E-state index in [-0.39, 0.29) is 18.6 Å². The molecular formula is C14H25NO8. The average molecular weight is 335 g/mol. The lowest BCUT2D eigenvalue weighted by Gasteiger charge is -2.52. The fraction of sp³-hybridized carbons (Fsp3) is 0.929. The van der Waals surface area contributed by atoms with Gasteiger partial charge in [0.15, 0.2) is 6.29 Å². The molecule has 23 heavy (non-hydrogen) atoms. The second-order valence-corrected chi connectivity index (χ2v) is 5.99. The summed E-state index contributed by atoms with van der Waals surface area (Å²) in [6.07, 6.45) is -6.94. The predicted octanol–water partition coefficient (Wildman–Crippen LogP) is -2.83. The minimum Gasteiger partial charge on any atom is -0.394 e. The highest BCUT2D eigenvalue weighted by atomic mass is 16.7. The summed E-state index contributed by atoms with van der Waals surface area (Å²) in [4.78, 5) is 13.1. The van der Waals surface area contributed by atoms with Gasteiger partial charge in [0, 0.05) is 6.92 Å². The Labute approximate surface area is 134 Å². The van der Waals surface area contributed by atoms with Crippen molar-refractivity contribution in [2.75, 3.05) is 13.2 Å². The molecule has 0 aliphatic carbocycles. The van der Waals surface area contributed by atoms with E-state index in [2.05, 4.69) is 0 Å². The molecule has 0 spiro atoms. The van der Waals surface area contributed by atoms with E-state index in [1.165, 1.54) is 11.8 Å². The Hall–Kier alpha value is -0.810.